The molecule has 3 aromatic carbocycles. The van der Waals surface area contributed by atoms with Gasteiger partial charge >= 0.3 is 0 Å². The summed E-state index contributed by atoms with van der Waals surface area (Å²) in [6.45, 7) is -0.0600. The van der Waals surface area contributed by atoms with Crippen molar-refractivity contribution in [3.05, 3.63) is 96.2 Å². The number of guanidine groups is 4. The van der Waals surface area contributed by atoms with Crippen LogP contribution in [-0.2, 0) is 35.3 Å². The van der Waals surface area contributed by atoms with E-state index in [1.54, 1.807) is 60.8 Å². The van der Waals surface area contributed by atoms with Crippen molar-refractivity contribution in [2.24, 2.45) is 28.7 Å². The minimum Gasteiger partial charge on any atom is -0.396 e. The van der Waals surface area contributed by atoms with E-state index in [4.69, 9.17) is 56.0 Å². The monoisotopic (exact) mass is 954 g/mol. The van der Waals surface area contributed by atoms with Crippen LogP contribution in [0.15, 0.2) is 85.1 Å². The van der Waals surface area contributed by atoms with Crippen LogP contribution in [0.5, 0.6) is 0 Å². The number of pyridine rings is 1. The van der Waals surface area contributed by atoms with Crippen molar-refractivity contribution in [2.75, 3.05) is 29.6 Å². The lowest BCUT2D eigenvalue weighted by atomic mass is 10.1. The fourth-order valence-corrected chi connectivity index (χ4v) is 6.32. The van der Waals surface area contributed by atoms with E-state index >= 15 is 0 Å². The zero-order valence-corrected chi connectivity index (χ0v) is 37.0. The number of aromatic nitrogens is 1. The molecule has 0 saturated carbocycles. The number of nitrogens with one attached hydrogen (secondary N) is 13. The van der Waals surface area contributed by atoms with Gasteiger partial charge in [-0.3, -0.25) is 55.4 Å². The maximum Gasteiger partial charge on any atom is 0.270 e. The first-order valence-electron chi connectivity index (χ1n) is 20.2. The lowest BCUT2D eigenvalue weighted by Crippen LogP contribution is -2.68. The number of amides is 6. The predicted octanol–water partition coefficient (Wildman–Crippen LogP) is -5.75. The Bertz CT molecular complexity index is 2580. The van der Waals surface area contributed by atoms with Crippen LogP contribution in [0, 0.1) is 21.6 Å². The van der Waals surface area contributed by atoms with Crippen molar-refractivity contribution in [2.45, 2.75) is 43.5 Å². The molecule has 4 aromatic rings. The Labute approximate surface area is 392 Å². The number of aliphatic hydroxyl groups excluding tert-OH is 1. The Balaban J connectivity index is 1.63. The standard InChI is InChI=1S/C40H54N22O7/c1-61(2)20-12-10-18(11-13-20)17-62(23-15-14-22-21(24(23)41)9-6-16-51-22)36(69)35(68)52-25(19-7-4-3-5-8-19)31(64)54-28(58-38(45)46)33(66)56-30(60-40(49)50)34(67)55-29(59-39(47)48)32(65)53-27(26(42)63)57-37(43)44/h3-16,25,27-30,36,69H,17,41H2,1-2H3,(H2,42,63)(H,52,68)(H,53,65)(H,54,64)(H,55,67)(H,56,66)(H4,43,44,57)(H4,45,46,58)(H4,47,48,59)(H4,49,50,60). The van der Waals surface area contributed by atoms with Crippen molar-refractivity contribution in [3.63, 3.8) is 0 Å². The molecule has 6 amide bonds. The van der Waals surface area contributed by atoms with E-state index < -0.39 is 96.2 Å². The van der Waals surface area contributed by atoms with Crippen LogP contribution in [0.25, 0.3) is 10.9 Å². The van der Waals surface area contributed by atoms with Crippen molar-refractivity contribution in [1.29, 1.82) is 21.6 Å². The van der Waals surface area contributed by atoms with Gasteiger partial charge in [-0.1, -0.05) is 42.5 Å². The number of carbonyl (C=O) groups excluding carboxylic acids is 6. The Morgan fingerprint density at radius 2 is 1.06 bits per heavy atom. The SMILES string of the molecule is CN(C)c1ccc(CN(c2ccc3ncccc3c2N)C(O)C(=O)NC(C(=O)NC(NC(=N)N)C(=O)NC(NC(=N)N)C(=O)NC(NC(=N)N)C(=O)NC(NC(=N)N)C(N)=O)c2ccccc2)cc1. The predicted molar refractivity (Wildman–Crippen MR) is 254 cm³/mol. The van der Waals surface area contributed by atoms with Crippen molar-refractivity contribution in [1.82, 2.24) is 52.8 Å². The number of aliphatic hydroxyl groups is 1. The molecule has 0 aliphatic carbocycles. The minimum absolute atomic E-state index is 0.0600. The lowest BCUT2D eigenvalue weighted by molar-refractivity contribution is -0.136. The average Bonchev–Trinajstić information content (AvgIpc) is 3.28. The van der Waals surface area contributed by atoms with Crippen LogP contribution in [-0.4, -0.2) is 114 Å². The highest BCUT2D eigenvalue weighted by atomic mass is 16.3. The first kappa shape index (κ1) is 52.0. The minimum atomic E-state index is -2.09. The van der Waals surface area contributed by atoms with Gasteiger partial charge < -0.3 is 97.2 Å². The largest absolute Gasteiger partial charge is 0.396 e. The number of anilines is 3. The van der Waals surface area contributed by atoms with Gasteiger partial charge in [-0.15, -0.1) is 0 Å². The number of benzene rings is 3. The highest BCUT2D eigenvalue weighted by Crippen LogP contribution is 2.33. The third-order valence-corrected chi connectivity index (χ3v) is 9.55. The molecule has 1 heterocycles. The number of nitrogens with zero attached hydrogens (tertiary/aromatic N) is 3. The fourth-order valence-electron chi connectivity index (χ4n) is 6.32. The fraction of sp³-hybridized carbons (Fsp3) is 0.225. The zero-order chi connectivity index (χ0) is 51.1. The van der Waals surface area contributed by atoms with E-state index in [1.165, 1.54) is 17.0 Å². The molecule has 0 saturated heterocycles. The molecule has 0 spiro atoms. The van der Waals surface area contributed by atoms with E-state index in [0.29, 0.717) is 16.5 Å². The van der Waals surface area contributed by atoms with Gasteiger partial charge in [-0.2, -0.15) is 0 Å². The van der Waals surface area contributed by atoms with E-state index in [-0.39, 0.29) is 23.5 Å². The quantitative estimate of drug-likeness (QED) is 0.0160. The normalized spacial score (nSPS) is 13.2. The number of hydrogen-bond acceptors (Lipinski definition) is 15. The summed E-state index contributed by atoms with van der Waals surface area (Å²) in [4.78, 5) is 88.4. The van der Waals surface area contributed by atoms with Crippen LogP contribution < -0.4 is 92.1 Å². The van der Waals surface area contributed by atoms with Crippen LogP contribution in [0.1, 0.15) is 17.2 Å². The number of carbonyl (C=O) groups is 6. The first-order valence-corrected chi connectivity index (χ1v) is 20.2. The molecule has 0 bridgehead atoms. The van der Waals surface area contributed by atoms with Crippen LogP contribution in [0.3, 0.4) is 0 Å². The summed E-state index contributed by atoms with van der Waals surface area (Å²) in [5.41, 5.74) is 36.2. The van der Waals surface area contributed by atoms with Gasteiger partial charge in [0.2, 0.25) is 12.1 Å². The second-order valence-corrected chi connectivity index (χ2v) is 14.9. The molecule has 1 aromatic heterocycles. The first-order chi connectivity index (χ1) is 32.6. The molecule has 0 fully saturated rings. The van der Waals surface area contributed by atoms with E-state index in [9.17, 15) is 33.9 Å². The van der Waals surface area contributed by atoms with E-state index in [0.717, 1.165) is 5.69 Å². The van der Waals surface area contributed by atoms with Crippen molar-refractivity contribution in [3.8, 4) is 0 Å². The number of primary amides is 1. The molecular formula is C40H54N22O7. The molecule has 29 heteroatoms. The number of fused-ring (bicyclic) bond motifs is 1. The summed E-state index contributed by atoms with van der Waals surface area (Å²) < 4.78 is 0. The Morgan fingerprint density at radius 1 is 0.580 bits per heavy atom. The maximum absolute atomic E-state index is 14.3. The third-order valence-electron chi connectivity index (χ3n) is 9.55. The smallest absolute Gasteiger partial charge is 0.270 e. The Hall–Kier alpha value is -9.67. The molecule has 0 aliphatic heterocycles. The Morgan fingerprint density at radius 3 is 1.54 bits per heavy atom. The molecule has 366 valence electrons. The maximum atomic E-state index is 14.3. The lowest BCUT2D eigenvalue weighted by Gasteiger charge is -2.32. The van der Waals surface area contributed by atoms with Crippen LogP contribution in [0.4, 0.5) is 17.1 Å². The highest BCUT2D eigenvalue weighted by Gasteiger charge is 2.35. The molecule has 0 radical (unpaired) electrons. The van der Waals surface area contributed by atoms with E-state index in [1.807, 2.05) is 36.4 Å². The third kappa shape index (κ3) is 14.7. The molecule has 6 atom stereocenters. The second-order valence-electron chi connectivity index (χ2n) is 14.9. The molecule has 29 nitrogen and oxygen atoms in total. The van der Waals surface area contributed by atoms with Crippen molar-refractivity contribution >= 4 is 87.2 Å². The Kier molecular flexibility index (Phi) is 17.7. The van der Waals surface area contributed by atoms with Crippen LogP contribution in [0.2, 0.25) is 0 Å². The second kappa shape index (κ2) is 23.5. The van der Waals surface area contributed by atoms with Gasteiger partial charge in [-0.05, 0) is 47.5 Å². The summed E-state index contributed by atoms with van der Waals surface area (Å²) in [5.74, 6) is -10.9. The highest BCUT2D eigenvalue weighted by molar-refractivity contribution is 6.01. The number of nitrogen functional groups attached to an aromatic ring is 1. The summed E-state index contributed by atoms with van der Waals surface area (Å²) in [5, 5.41) is 62.4. The molecule has 26 N–H and O–H groups in total. The molecule has 4 rings (SSSR count). The topological polar surface area (TPSA) is 502 Å². The average molecular weight is 955 g/mol. The van der Waals surface area contributed by atoms with Gasteiger partial charge in [0.15, 0.2) is 48.5 Å². The summed E-state index contributed by atoms with van der Waals surface area (Å²) in [6, 6.07) is 19.9. The summed E-state index contributed by atoms with van der Waals surface area (Å²) in [6.07, 6.45) is -8.37. The van der Waals surface area contributed by atoms with Gasteiger partial charge in [-0.25, -0.2) is 0 Å². The van der Waals surface area contributed by atoms with E-state index in [2.05, 4.69) is 47.5 Å². The van der Waals surface area contributed by atoms with Gasteiger partial charge in [0, 0.05) is 37.9 Å². The number of rotatable bonds is 21. The number of nitrogens with two attached hydrogens (primary N) is 6. The van der Waals surface area contributed by atoms with Gasteiger partial charge in [0.05, 0.1) is 16.9 Å². The molecule has 6 unspecified atom stereocenters. The number of hydrogen-bond donors (Lipinski definition) is 20. The van der Waals surface area contributed by atoms with Crippen molar-refractivity contribution < 1.29 is 33.9 Å². The van der Waals surface area contributed by atoms with Gasteiger partial charge in [0.1, 0.15) is 6.04 Å². The summed E-state index contributed by atoms with van der Waals surface area (Å²) >= 11 is 0. The molecular weight excluding hydrogens is 901 g/mol. The zero-order valence-electron chi connectivity index (χ0n) is 37.0. The molecule has 0 aliphatic rings. The summed E-state index contributed by atoms with van der Waals surface area (Å²) in [7, 11) is 3.73. The van der Waals surface area contributed by atoms with Crippen LogP contribution >= 0.6 is 0 Å². The molecule has 69 heavy (non-hydrogen) atoms. The van der Waals surface area contributed by atoms with Gasteiger partial charge in [0.25, 0.3) is 29.5 Å².